The smallest absolute Gasteiger partial charge is 0.226 e. The molecule has 0 bridgehead atoms. The van der Waals surface area contributed by atoms with Gasteiger partial charge in [0, 0.05) is 13.0 Å². The SMILES string of the molecule is CCCCOc1ccc(CNC(=S)NC(=O)CCc2ccccc2)cc1OC. The molecule has 150 valence electrons. The van der Waals surface area contributed by atoms with Crippen LogP contribution in [-0.2, 0) is 17.8 Å². The molecule has 0 saturated heterocycles. The second-order valence-corrected chi connectivity index (χ2v) is 6.81. The standard InChI is InChI=1S/C22H28N2O3S/c1-3-4-14-27-19-12-10-18(15-20(19)26-2)16-23-22(28)24-21(25)13-11-17-8-6-5-7-9-17/h5-10,12,15H,3-4,11,13-14,16H2,1-2H3,(H2,23,24,25,28). The summed E-state index contributed by atoms with van der Waals surface area (Å²) in [6.07, 6.45) is 3.17. The Kier molecular flexibility index (Phi) is 9.28. The molecule has 0 spiro atoms. The Labute approximate surface area is 172 Å². The molecule has 0 atom stereocenters. The van der Waals surface area contributed by atoms with E-state index in [0.29, 0.717) is 36.9 Å². The minimum atomic E-state index is -0.0985. The Balaban J connectivity index is 1.77. The van der Waals surface area contributed by atoms with Crippen molar-refractivity contribution in [2.24, 2.45) is 0 Å². The first-order chi connectivity index (χ1) is 13.6. The number of carbonyl (C=O) groups excluding carboxylic acids is 1. The summed E-state index contributed by atoms with van der Waals surface area (Å²) in [5.74, 6) is 1.32. The van der Waals surface area contributed by atoms with Gasteiger partial charge in [0.05, 0.1) is 13.7 Å². The number of hydrogen-bond donors (Lipinski definition) is 2. The normalized spacial score (nSPS) is 10.2. The van der Waals surface area contributed by atoms with Gasteiger partial charge in [-0.2, -0.15) is 0 Å². The number of benzene rings is 2. The first kappa shape index (κ1) is 21.7. The van der Waals surface area contributed by atoms with Crippen molar-refractivity contribution in [3.8, 4) is 11.5 Å². The molecule has 0 aliphatic heterocycles. The molecule has 0 aromatic heterocycles. The zero-order chi connectivity index (χ0) is 20.2. The Morgan fingerprint density at radius 3 is 2.57 bits per heavy atom. The molecular weight excluding hydrogens is 372 g/mol. The second kappa shape index (κ2) is 12.0. The van der Waals surface area contributed by atoms with Crippen molar-refractivity contribution in [2.45, 2.75) is 39.2 Å². The maximum absolute atomic E-state index is 12.0. The lowest BCUT2D eigenvalue weighted by atomic mass is 10.1. The van der Waals surface area contributed by atoms with Gasteiger partial charge in [-0.1, -0.05) is 49.7 Å². The summed E-state index contributed by atoms with van der Waals surface area (Å²) in [5, 5.41) is 6.09. The van der Waals surface area contributed by atoms with Crippen LogP contribution in [0.15, 0.2) is 48.5 Å². The van der Waals surface area contributed by atoms with Gasteiger partial charge < -0.3 is 20.1 Å². The average molecular weight is 401 g/mol. The van der Waals surface area contributed by atoms with Crippen molar-refractivity contribution in [3.05, 3.63) is 59.7 Å². The van der Waals surface area contributed by atoms with Crippen molar-refractivity contribution < 1.29 is 14.3 Å². The maximum atomic E-state index is 12.0. The summed E-state index contributed by atoms with van der Waals surface area (Å²) in [6, 6.07) is 15.7. The van der Waals surface area contributed by atoms with E-state index in [1.165, 1.54) is 0 Å². The fourth-order valence-corrected chi connectivity index (χ4v) is 2.77. The zero-order valence-electron chi connectivity index (χ0n) is 16.5. The molecule has 0 unspecified atom stereocenters. The number of thiocarbonyl (C=S) groups is 1. The molecule has 0 radical (unpaired) electrons. The van der Waals surface area contributed by atoms with E-state index in [9.17, 15) is 4.79 Å². The monoisotopic (exact) mass is 400 g/mol. The van der Waals surface area contributed by atoms with Crippen molar-refractivity contribution >= 4 is 23.2 Å². The molecule has 2 aromatic rings. The molecule has 5 nitrogen and oxygen atoms in total. The molecule has 1 amide bonds. The zero-order valence-corrected chi connectivity index (χ0v) is 17.3. The van der Waals surface area contributed by atoms with Crippen LogP contribution in [-0.4, -0.2) is 24.7 Å². The summed E-state index contributed by atoms with van der Waals surface area (Å²) in [7, 11) is 1.62. The number of hydrogen-bond acceptors (Lipinski definition) is 4. The summed E-state index contributed by atoms with van der Waals surface area (Å²) < 4.78 is 11.1. The quantitative estimate of drug-likeness (QED) is 0.466. The highest BCUT2D eigenvalue weighted by atomic mass is 32.1. The molecule has 0 saturated carbocycles. The number of aryl methyl sites for hydroxylation is 1. The van der Waals surface area contributed by atoms with E-state index >= 15 is 0 Å². The first-order valence-corrected chi connectivity index (χ1v) is 9.94. The van der Waals surface area contributed by atoms with Crippen molar-refractivity contribution in [1.82, 2.24) is 10.6 Å². The second-order valence-electron chi connectivity index (χ2n) is 6.40. The van der Waals surface area contributed by atoms with Crippen LogP contribution in [0.4, 0.5) is 0 Å². The molecule has 2 rings (SSSR count). The van der Waals surface area contributed by atoms with Crippen LogP contribution in [0.1, 0.15) is 37.3 Å². The molecule has 0 aliphatic rings. The third-order valence-electron chi connectivity index (χ3n) is 4.17. The topological polar surface area (TPSA) is 59.6 Å². The van der Waals surface area contributed by atoms with Crippen LogP contribution >= 0.6 is 12.2 Å². The number of methoxy groups -OCH3 is 1. The van der Waals surface area contributed by atoms with Crippen LogP contribution < -0.4 is 20.1 Å². The average Bonchev–Trinajstić information content (AvgIpc) is 2.72. The fraction of sp³-hybridized carbons (Fsp3) is 0.364. The highest BCUT2D eigenvalue weighted by molar-refractivity contribution is 7.80. The van der Waals surface area contributed by atoms with Gasteiger partial charge >= 0.3 is 0 Å². The summed E-state index contributed by atoms with van der Waals surface area (Å²) >= 11 is 5.22. The predicted octanol–water partition coefficient (Wildman–Crippen LogP) is 4.00. The fourth-order valence-electron chi connectivity index (χ4n) is 2.59. The number of amides is 1. The number of rotatable bonds is 10. The van der Waals surface area contributed by atoms with Crippen molar-refractivity contribution in [3.63, 3.8) is 0 Å². The van der Waals surface area contributed by atoms with Gasteiger partial charge in [0.15, 0.2) is 16.6 Å². The highest BCUT2D eigenvalue weighted by Gasteiger charge is 2.08. The molecule has 2 N–H and O–H groups in total. The van der Waals surface area contributed by atoms with Gasteiger partial charge in [-0.25, -0.2) is 0 Å². The maximum Gasteiger partial charge on any atom is 0.226 e. The third kappa shape index (κ3) is 7.56. The predicted molar refractivity (Wildman–Crippen MR) is 116 cm³/mol. The van der Waals surface area contributed by atoms with Crippen molar-refractivity contribution in [1.29, 1.82) is 0 Å². The Morgan fingerprint density at radius 1 is 1.07 bits per heavy atom. The van der Waals surface area contributed by atoms with E-state index in [0.717, 1.165) is 29.7 Å². The minimum absolute atomic E-state index is 0.0985. The van der Waals surface area contributed by atoms with Gasteiger partial charge in [0.25, 0.3) is 0 Å². The summed E-state index contributed by atoms with van der Waals surface area (Å²) in [5.41, 5.74) is 2.12. The van der Waals surface area contributed by atoms with E-state index in [-0.39, 0.29) is 5.91 Å². The lowest BCUT2D eigenvalue weighted by Gasteiger charge is -2.13. The minimum Gasteiger partial charge on any atom is -0.493 e. The van der Waals surface area contributed by atoms with Crippen molar-refractivity contribution in [2.75, 3.05) is 13.7 Å². The van der Waals surface area contributed by atoms with Crippen LogP contribution in [0.25, 0.3) is 0 Å². The lowest BCUT2D eigenvalue weighted by molar-refractivity contribution is -0.119. The van der Waals surface area contributed by atoms with Gasteiger partial charge in [0.1, 0.15) is 0 Å². The Bertz CT molecular complexity index is 766. The van der Waals surface area contributed by atoms with Gasteiger partial charge in [-0.3, -0.25) is 4.79 Å². The van der Waals surface area contributed by atoms with Crippen LogP contribution in [0.5, 0.6) is 11.5 Å². The van der Waals surface area contributed by atoms with Gasteiger partial charge in [-0.05, 0) is 48.3 Å². The number of carbonyl (C=O) groups is 1. The molecule has 0 aliphatic carbocycles. The molecule has 0 fully saturated rings. The highest BCUT2D eigenvalue weighted by Crippen LogP contribution is 2.28. The third-order valence-corrected chi connectivity index (χ3v) is 4.42. The number of ether oxygens (including phenoxy) is 2. The van der Waals surface area contributed by atoms with Crippen LogP contribution in [0, 0.1) is 0 Å². The summed E-state index contributed by atoms with van der Waals surface area (Å²) in [6.45, 7) is 3.28. The van der Waals surface area contributed by atoms with E-state index in [1.54, 1.807) is 7.11 Å². The Hall–Kier alpha value is -2.60. The Morgan fingerprint density at radius 2 is 1.86 bits per heavy atom. The molecule has 2 aromatic carbocycles. The van der Waals surface area contributed by atoms with E-state index in [1.807, 2.05) is 48.5 Å². The van der Waals surface area contributed by atoms with Gasteiger partial charge in [-0.15, -0.1) is 0 Å². The van der Waals surface area contributed by atoms with E-state index in [4.69, 9.17) is 21.7 Å². The molecule has 6 heteroatoms. The van der Waals surface area contributed by atoms with Crippen LogP contribution in [0.3, 0.4) is 0 Å². The molecule has 28 heavy (non-hydrogen) atoms. The van der Waals surface area contributed by atoms with E-state index in [2.05, 4.69) is 17.6 Å². The first-order valence-electron chi connectivity index (χ1n) is 9.53. The lowest BCUT2D eigenvalue weighted by Crippen LogP contribution is -2.38. The van der Waals surface area contributed by atoms with E-state index < -0.39 is 0 Å². The largest absolute Gasteiger partial charge is 0.493 e. The summed E-state index contributed by atoms with van der Waals surface area (Å²) in [4.78, 5) is 12.0. The number of nitrogens with one attached hydrogen (secondary N) is 2. The van der Waals surface area contributed by atoms with Crippen LogP contribution in [0.2, 0.25) is 0 Å². The molecule has 0 heterocycles. The van der Waals surface area contributed by atoms with Gasteiger partial charge in [0.2, 0.25) is 5.91 Å². The number of unbranched alkanes of at least 4 members (excludes halogenated alkanes) is 1. The molecular formula is C22H28N2O3S.